The Morgan fingerprint density at radius 2 is 1.16 bits per heavy atom. The van der Waals surface area contributed by atoms with Gasteiger partial charge in [0.1, 0.15) is 25.4 Å². The fourth-order valence-corrected chi connectivity index (χ4v) is 13.5. The van der Waals surface area contributed by atoms with Gasteiger partial charge in [-0.15, -0.1) is 22.7 Å². The highest BCUT2D eigenvalue weighted by Gasteiger charge is 2.50. The summed E-state index contributed by atoms with van der Waals surface area (Å²) in [6, 6.07) is 21.7. The van der Waals surface area contributed by atoms with Gasteiger partial charge in [-0.3, -0.25) is 0 Å². The molecule has 11 rings (SSSR count). The maximum atomic E-state index is 6.61. The molecular formula is C54H59BN2O4S2. The Morgan fingerprint density at radius 3 is 1.76 bits per heavy atom. The van der Waals surface area contributed by atoms with Gasteiger partial charge in [0.05, 0.1) is 36.0 Å². The lowest BCUT2D eigenvalue weighted by Crippen LogP contribution is -2.60. The molecule has 0 amide bonds. The summed E-state index contributed by atoms with van der Waals surface area (Å²) in [6.45, 7) is 32.4. The summed E-state index contributed by atoms with van der Waals surface area (Å²) >= 11 is 3.95. The average Bonchev–Trinajstić information content (AvgIpc) is 3.79. The van der Waals surface area contributed by atoms with Gasteiger partial charge in [-0.25, -0.2) is 0 Å². The lowest BCUT2D eigenvalue weighted by molar-refractivity contribution is -0.107. The molecule has 0 N–H and O–H groups in total. The number of hydrogen-bond donors (Lipinski definition) is 0. The summed E-state index contributed by atoms with van der Waals surface area (Å²) in [5, 5.41) is 2.61. The number of nitrogens with zero attached hydrogens (tertiary/aromatic N) is 2. The predicted molar refractivity (Wildman–Crippen MR) is 268 cm³/mol. The van der Waals surface area contributed by atoms with Crippen LogP contribution < -0.4 is 34.3 Å². The molecular weight excluding hydrogens is 816 g/mol. The molecule has 1 aliphatic carbocycles. The summed E-state index contributed by atoms with van der Waals surface area (Å²) in [5.74, 6) is 1.67. The Labute approximate surface area is 381 Å². The van der Waals surface area contributed by atoms with E-state index in [4.69, 9.17) is 18.9 Å². The van der Waals surface area contributed by atoms with E-state index in [1.807, 2.05) is 22.7 Å². The zero-order chi connectivity index (χ0) is 44.2. The molecule has 6 aromatic rings. The first-order valence-corrected chi connectivity index (χ1v) is 24.4. The molecule has 0 spiro atoms. The van der Waals surface area contributed by atoms with Crippen LogP contribution in [0.5, 0.6) is 11.5 Å². The lowest BCUT2D eigenvalue weighted by Gasteiger charge is -2.46. The highest BCUT2D eigenvalue weighted by molar-refractivity contribution is 7.40. The van der Waals surface area contributed by atoms with Crippen LogP contribution >= 0.6 is 22.7 Å². The number of benzene rings is 4. The monoisotopic (exact) mass is 874 g/mol. The molecule has 2 atom stereocenters. The maximum absolute atomic E-state index is 6.61. The zero-order valence-electron chi connectivity index (χ0n) is 39.2. The first kappa shape index (κ1) is 41.2. The molecule has 1 fully saturated rings. The average molecular weight is 875 g/mol. The maximum Gasteiger partial charge on any atom is 0.277 e. The molecule has 324 valence electrons. The van der Waals surface area contributed by atoms with E-state index in [1.165, 1.54) is 91.5 Å². The van der Waals surface area contributed by atoms with E-state index in [9.17, 15) is 0 Å². The van der Waals surface area contributed by atoms with Crippen LogP contribution in [0.3, 0.4) is 0 Å². The molecule has 5 aliphatic rings. The van der Waals surface area contributed by atoms with Gasteiger partial charge >= 0.3 is 0 Å². The molecule has 4 aliphatic heterocycles. The van der Waals surface area contributed by atoms with E-state index in [-0.39, 0.29) is 35.2 Å². The molecule has 1 saturated heterocycles. The Balaban J connectivity index is 1.31. The number of allylic oxidation sites excluding steroid dienone is 1. The van der Waals surface area contributed by atoms with Gasteiger partial charge in [-0.05, 0) is 131 Å². The topological polar surface area (TPSA) is 43.4 Å². The van der Waals surface area contributed by atoms with Crippen LogP contribution in [0.15, 0.2) is 77.5 Å². The van der Waals surface area contributed by atoms with Gasteiger partial charge < -0.3 is 28.7 Å². The lowest BCUT2D eigenvalue weighted by atomic mass is 9.39. The minimum absolute atomic E-state index is 0.0149. The Bertz CT molecular complexity index is 3000. The van der Waals surface area contributed by atoms with E-state index < -0.39 is 0 Å². The quantitative estimate of drug-likeness (QED) is 0.161. The fourth-order valence-electron chi connectivity index (χ4n) is 10.8. The second-order valence-electron chi connectivity index (χ2n) is 21.5. The van der Waals surface area contributed by atoms with Crippen LogP contribution in [0.2, 0.25) is 0 Å². The van der Waals surface area contributed by atoms with E-state index in [2.05, 4.69) is 160 Å². The summed E-state index contributed by atoms with van der Waals surface area (Å²) in [5.41, 5.74) is 17.2. The van der Waals surface area contributed by atoms with Crippen molar-refractivity contribution in [2.75, 3.05) is 36.2 Å². The number of anilines is 5. The predicted octanol–water partition coefficient (Wildman–Crippen LogP) is 12.2. The number of thiophene rings is 2. The third-order valence-electron chi connectivity index (χ3n) is 14.1. The largest absolute Gasteiger partial charge is 0.486 e. The molecule has 0 bridgehead atoms. The van der Waals surface area contributed by atoms with Gasteiger partial charge in [-0.1, -0.05) is 74.4 Å². The first-order valence-electron chi connectivity index (χ1n) is 22.8. The van der Waals surface area contributed by atoms with E-state index in [1.54, 1.807) is 0 Å². The SMILES string of the molecule is CC1=CC2OCCOC2C(C)=C1N1c2cc(C(C)(C)C)cc3c2B(c2sc4ccc(C(C)(C)C)cc4c21)c1sc2ccc(C(C)(C)C)cc2c1N3c1c(C)cc2c(c1C)OCCO2. The molecule has 63 heavy (non-hydrogen) atoms. The summed E-state index contributed by atoms with van der Waals surface area (Å²) in [7, 11) is 0. The fraction of sp³-hybridized carbons (Fsp3) is 0.407. The summed E-state index contributed by atoms with van der Waals surface area (Å²) in [6.07, 6.45) is 2.07. The molecule has 9 heteroatoms. The van der Waals surface area contributed by atoms with Gasteiger partial charge in [0.2, 0.25) is 0 Å². The third-order valence-corrected chi connectivity index (χ3v) is 16.6. The van der Waals surface area contributed by atoms with E-state index >= 15 is 0 Å². The molecule has 4 aromatic carbocycles. The minimum Gasteiger partial charge on any atom is -0.486 e. The van der Waals surface area contributed by atoms with Crippen molar-refractivity contribution in [2.24, 2.45) is 0 Å². The Morgan fingerprint density at radius 1 is 0.603 bits per heavy atom. The van der Waals surface area contributed by atoms with Crippen molar-refractivity contribution in [1.29, 1.82) is 0 Å². The van der Waals surface area contributed by atoms with Crippen molar-refractivity contribution in [3.63, 3.8) is 0 Å². The molecule has 0 saturated carbocycles. The van der Waals surface area contributed by atoms with Crippen LogP contribution in [0, 0.1) is 13.8 Å². The van der Waals surface area contributed by atoms with Crippen LogP contribution in [-0.2, 0) is 25.7 Å². The molecule has 6 nitrogen and oxygen atoms in total. The highest BCUT2D eigenvalue weighted by atomic mass is 32.1. The van der Waals surface area contributed by atoms with Gasteiger partial charge in [0, 0.05) is 46.7 Å². The first-order chi connectivity index (χ1) is 29.8. The molecule has 2 aromatic heterocycles. The van der Waals surface area contributed by atoms with Crippen molar-refractivity contribution in [2.45, 2.75) is 118 Å². The van der Waals surface area contributed by atoms with Crippen molar-refractivity contribution in [3.8, 4) is 11.5 Å². The number of aryl methyl sites for hydroxylation is 1. The summed E-state index contributed by atoms with van der Waals surface area (Å²) in [4.78, 5) is 5.31. The minimum atomic E-state index is -0.158. The number of ether oxygens (including phenoxy) is 4. The van der Waals surface area contributed by atoms with Crippen LogP contribution in [0.25, 0.3) is 20.2 Å². The molecule has 2 unspecified atom stereocenters. The molecule has 0 radical (unpaired) electrons. The smallest absolute Gasteiger partial charge is 0.277 e. The normalized spacial score (nSPS) is 19.6. The van der Waals surface area contributed by atoms with Crippen molar-refractivity contribution < 1.29 is 18.9 Å². The second kappa shape index (κ2) is 14.0. The van der Waals surface area contributed by atoms with Crippen molar-refractivity contribution in [3.05, 3.63) is 105 Å². The highest BCUT2D eigenvalue weighted by Crippen LogP contribution is 2.55. The van der Waals surface area contributed by atoms with Gasteiger partial charge in [0.25, 0.3) is 6.71 Å². The number of fused-ring (bicyclic) bond motifs is 10. The van der Waals surface area contributed by atoms with Crippen LogP contribution in [0.1, 0.15) is 104 Å². The van der Waals surface area contributed by atoms with Crippen molar-refractivity contribution >= 4 is 93.0 Å². The van der Waals surface area contributed by atoms with E-state index in [0.29, 0.717) is 26.4 Å². The molecule has 6 heterocycles. The number of hydrogen-bond acceptors (Lipinski definition) is 8. The van der Waals surface area contributed by atoms with Crippen LogP contribution in [-0.4, -0.2) is 45.3 Å². The van der Waals surface area contributed by atoms with Crippen molar-refractivity contribution in [1.82, 2.24) is 0 Å². The standard InChI is InChI=1S/C54H59BN2O4S2/c1-28-22-39-48(60-20-18-58-39)30(3)44(28)56-37-26-34(54(11,12)13)27-38-43(37)55(50-46(56)35-24-32(52(5,6)7)14-16-41(35)62-50)51-47(36-25-33(53(8,9)10)15-17-42(36)63-51)57(38)45-29(2)23-40-49(31(45)4)61-21-19-59-40/h14-17,22-27,39,48H,18-21H2,1-13H3. The second-order valence-corrected chi connectivity index (χ2v) is 23.7. The zero-order valence-corrected chi connectivity index (χ0v) is 40.8. The Kier molecular flexibility index (Phi) is 9.14. The van der Waals surface area contributed by atoms with E-state index in [0.717, 1.165) is 28.3 Å². The Hall–Kier alpha value is -4.54. The van der Waals surface area contributed by atoms with Gasteiger partial charge in [0.15, 0.2) is 11.5 Å². The van der Waals surface area contributed by atoms with Crippen LogP contribution in [0.4, 0.5) is 28.4 Å². The van der Waals surface area contributed by atoms with Gasteiger partial charge in [-0.2, -0.15) is 0 Å². The summed E-state index contributed by atoms with van der Waals surface area (Å²) < 4.78 is 31.1. The third kappa shape index (κ3) is 6.16. The number of rotatable bonds is 2.